The maximum Gasteiger partial charge on any atom is 0.339 e. The third-order valence-corrected chi connectivity index (χ3v) is 5.75. The van der Waals surface area contributed by atoms with Gasteiger partial charge in [-0.1, -0.05) is 48.0 Å². The van der Waals surface area contributed by atoms with Gasteiger partial charge in [0.05, 0.1) is 5.56 Å². The highest BCUT2D eigenvalue weighted by Gasteiger charge is 2.42. The number of carbonyl (C=O) groups is 2. The Labute approximate surface area is 167 Å². The van der Waals surface area contributed by atoms with E-state index >= 15 is 0 Å². The first kappa shape index (κ1) is 18.4. The summed E-state index contributed by atoms with van der Waals surface area (Å²) >= 11 is 1.43. The van der Waals surface area contributed by atoms with E-state index in [9.17, 15) is 9.59 Å². The van der Waals surface area contributed by atoms with E-state index in [0.29, 0.717) is 17.1 Å². The molecule has 2 aromatic carbocycles. The van der Waals surface area contributed by atoms with Crippen molar-refractivity contribution in [2.24, 2.45) is 0 Å². The molecule has 6 heteroatoms. The molecule has 4 rings (SSSR count). The molecule has 0 unspecified atom stereocenters. The van der Waals surface area contributed by atoms with Crippen molar-refractivity contribution in [2.45, 2.75) is 32.3 Å². The fraction of sp³-hybridized carbons (Fsp3) is 0.227. The molecule has 0 aliphatic carbocycles. The van der Waals surface area contributed by atoms with Crippen LogP contribution in [0.2, 0.25) is 0 Å². The lowest BCUT2D eigenvalue weighted by Crippen LogP contribution is -2.48. The number of rotatable bonds is 4. The predicted octanol–water partition coefficient (Wildman–Crippen LogP) is 4.15. The molecular formula is C22H20N2O3S. The van der Waals surface area contributed by atoms with E-state index in [-0.39, 0.29) is 5.91 Å². The molecule has 1 atom stereocenters. The van der Waals surface area contributed by atoms with Crippen LogP contribution in [0.1, 0.15) is 38.8 Å². The topological polar surface area (TPSA) is 68.3 Å². The minimum absolute atomic E-state index is 0.336. The number of esters is 1. The molecule has 1 aliphatic rings. The highest BCUT2D eigenvalue weighted by molar-refractivity contribution is 7.15. The largest absolute Gasteiger partial charge is 0.445 e. The summed E-state index contributed by atoms with van der Waals surface area (Å²) in [7, 11) is 0. The summed E-state index contributed by atoms with van der Waals surface area (Å²) in [5.41, 5.74) is 2.49. The monoisotopic (exact) mass is 392 g/mol. The first-order chi connectivity index (χ1) is 13.4. The standard InChI is InChI=1S/C22H20N2O3S/c1-14-7-9-15(10-8-14)11-17-13-23-21(28-17)24-20(26)22(2)12-16-5-3-4-6-18(16)19(25)27-22/h3-10,13H,11-12H2,1-2H3,(H,23,24,26)/t22-/m1/s1. The third kappa shape index (κ3) is 3.68. The minimum atomic E-state index is -1.26. The first-order valence-electron chi connectivity index (χ1n) is 9.06. The van der Waals surface area contributed by atoms with Crippen LogP contribution in [-0.2, 0) is 22.4 Å². The predicted molar refractivity (Wildman–Crippen MR) is 109 cm³/mol. The average molecular weight is 392 g/mol. The van der Waals surface area contributed by atoms with E-state index in [2.05, 4.69) is 41.5 Å². The van der Waals surface area contributed by atoms with Crippen LogP contribution in [0.3, 0.4) is 0 Å². The van der Waals surface area contributed by atoms with E-state index in [1.165, 1.54) is 22.5 Å². The number of amides is 1. The van der Waals surface area contributed by atoms with Crippen molar-refractivity contribution in [2.75, 3.05) is 5.32 Å². The van der Waals surface area contributed by atoms with Crippen LogP contribution in [0.4, 0.5) is 5.13 Å². The number of hydrogen-bond acceptors (Lipinski definition) is 5. The lowest BCUT2D eigenvalue weighted by molar-refractivity contribution is -0.134. The van der Waals surface area contributed by atoms with Crippen molar-refractivity contribution in [1.29, 1.82) is 0 Å². The van der Waals surface area contributed by atoms with Gasteiger partial charge in [0.15, 0.2) is 10.7 Å². The van der Waals surface area contributed by atoms with Crippen LogP contribution < -0.4 is 5.32 Å². The first-order valence-corrected chi connectivity index (χ1v) is 9.87. The Morgan fingerprint density at radius 1 is 1.21 bits per heavy atom. The Balaban J connectivity index is 1.46. The van der Waals surface area contributed by atoms with Crippen LogP contribution in [0.25, 0.3) is 0 Å². The van der Waals surface area contributed by atoms with Crippen molar-refractivity contribution in [3.05, 3.63) is 81.9 Å². The van der Waals surface area contributed by atoms with Gasteiger partial charge >= 0.3 is 5.97 Å². The summed E-state index contributed by atoms with van der Waals surface area (Å²) in [5.74, 6) is -0.842. The number of anilines is 1. The number of cyclic esters (lactones) is 1. The Bertz CT molecular complexity index is 1040. The zero-order valence-electron chi connectivity index (χ0n) is 15.7. The maximum absolute atomic E-state index is 12.8. The van der Waals surface area contributed by atoms with E-state index < -0.39 is 11.6 Å². The van der Waals surface area contributed by atoms with E-state index in [1.54, 1.807) is 25.3 Å². The second kappa shape index (κ2) is 7.20. The summed E-state index contributed by atoms with van der Waals surface area (Å²) in [5, 5.41) is 3.31. The van der Waals surface area contributed by atoms with Gasteiger partial charge in [0.1, 0.15) is 0 Å². The number of nitrogens with one attached hydrogen (secondary N) is 1. The molecule has 2 heterocycles. The summed E-state index contributed by atoms with van der Waals surface area (Å²) in [6.07, 6.45) is 2.86. The number of ether oxygens (including phenoxy) is 1. The smallest absolute Gasteiger partial charge is 0.339 e. The van der Waals surface area contributed by atoms with Crippen molar-refractivity contribution < 1.29 is 14.3 Å². The molecule has 1 aromatic heterocycles. The SMILES string of the molecule is Cc1ccc(Cc2cnc(NC(=O)[C@@]3(C)Cc4ccccc4C(=O)O3)s2)cc1. The fourth-order valence-electron chi connectivity index (χ4n) is 3.24. The molecule has 28 heavy (non-hydrogen) atoms. The zero-order valence-corrected chi connectivity index (χ0v) is 16.5. The van der Waals surface area contributed by atoms with Crippen LogP contribution >= 0.6 is 11.3 Å². The van der Waals surface area contributed by atoms with Crippen molar-refractivity contribution in [3.8, 4) is 0 Å². The van der Waals surface area contributed by atoms with Gasteiger partial charge in [0.25, 0.3) is 5.91 Å². The Morgan fingerprint density at radius 2 is 1.96 bits per heavy atom. The number of aromatic nitrogens is 1. The third-order valence-electron chi connectivity index (χ3n) is 4.84. The minimum Gasteiger partial charge on any atom is -0.445 e. The Hall–Kier alpha value is -2.99. The van der Waals surface area contributed by atoms with Crippen molar-refractivity contribution in [1.82, 2.24) is 4.98 Å². The lowest BCUT2D eigenvalue weighted by Gasteiger charge is -2.32. The molecular weight excluding hydrogens is 372 g/mol. The number of benzene rings is 2. The van der Waals surface area contributed by atoms with Gasteiger partial charge in [-0.3, -0.25) is 10.1 Å². The quantitative estimate of drug-likeness (QED) is 0.677. The number of hydrogen-bond donors (Lipinski definition) is 1. The number of carbonyl (C=O) groups excluding carboxylic acids is 2. The van der Waals surface area contributed by atoms with Crippen LogP contribution in [0, 0.1) is 6.92 Å². The molecule has 142 valence electrons. The molecule has 0 saturated carbocycles. The molecule has 0 saturated heterocycles. The molecule has 0 bridgehead atoms. The van der Waals surface area contributed by atoms with Crippen LogP contribution in [0.15, 0.2) is 54.7 Å². The highest BCUT2D eigenvalue weighted by atomic mass is 32.1. The molecule has 0 radical (unpaired) electrons. The van der Waals surface area contributed by atoms with Gasteiger partial charge in [-0.05, 0) is 31.0 Å². The van der Waals surface area contributed by atoms with E-state index in [0.717, 1.165) is 16.9 Å². The van der Waals surface area contributed by atoms with Crippen LogP contribution in [-0.4, -0.2) is 22.5 Å². The Kier molecular flexibility index (Phi) is 4.73. The summed E-state index contributed by atoms with van der Waals surface area (Å²) < 4.78 is 5.47. The number of fused-ring (bicyclic) bond motifs is 1. The zero-order chi connectivity index (χ0) is 19.7. The lowest BCUT2D eigenvalue weighted by atomic mass is 9.89. The Morgan fingerprint density at radius 3 is 2.75 bits per heavy atom. The van der Waals surface area contributed by atoms with Crippen molar-refractivity contribution in [3.63, 3.8) is 0 Å². The number of nitrogens with zero attached hydrogens (tertiary/aromatic N) is 1. The fourth-order valence-corrected chi connectivity index (χ4v) is 4.08. The number of thiazole rings is 1. The van der Waals surface area contributed by atoms with Gasteiger partial charge in [-0.15, -0.1) is 11.3 Å². The normalized spacial score (nSPS) is 18.3. The molecule has 1 amide bonds. The van der Waals surface area contributed by atoms with Gasteiger partial charge in [-0.2, -0.15) is 0 Å². The molecule has 3 aromatic rings. The maximum atomic E-state index is 12.8. The second-order valence-corrected chi connectivity index (χ2v) is 8.32. The average Bonchev–Trinajstić information content (AvgIpc) is 3.10. The summed E-state index contributed by atoms with van der Waals surface area (Å²) in [4.78, 5) is 30.5. The number of aryl methyl sites for hydroxylation is 1. The molecule has 1 N–H and O–H groups in total. The van der Waals surface area contributed by atoms with Gasteiger partial charge in [0, 0.05) is 23.9 Å². The molecule has 5 nitrogen and oxygen atoms in total. The van der Waals surface area contributed by atoms with Gasteiger partial charge < -0.3 is 4.74 Å². The summed E-state index contributed by atoms with van der Waals surface area (Å²) in [6, 6.07) is 15.5. The van der Waals surface area contributed by atoms with Gasteiger partial charge in [0.2, 0.25) is 0 Å². The summed E-state index contributed by atoms with van der Waals surface area (Å²) in [6.45, 7) is 3.69. The molecule has 0 spiro atoms. The molecule has 1 aliphatic heterocycles. The van der Waals surface area contributed by atoms with Gasteiger partial charge in [-0.25, -0.2) is 9.78 Å². The van der Waals surface area contributed by atoms with E-state index in [4.69, 9.17) is 4.74 Å². The molecule has 0 fully saturated rings. The van der Waals surface area contributed by atoms with Crippen molar-refractivity contribution >= 4 is 28.3 Å². The van der Waals surface area contributed by atoms with E-state index in [1.807, 2.05) is 12.1 Å². The van der Waals surface area contributed by atoms with Crippen LogP contribution in [0.5, 0.6) is 0 Å². The second-order valence-electron chi connectivity index (χ2n) is 7.20. The highest BCUT2D eigenvalue weighted by Crippen LogP contribution is 2.30.